The van der Waals surface area contributed by atoms with E-state index in [4.69, 9.17) is 9.26 Å². The van der Waals surface area contributed by atoms with Gasteiger partial charge in [0.25, 0.3) is 0 Å². The van der Waals surface area contributed by atoms with E-state index in [-0.39, 0.29) is 0 Å². The van der Waals surface area contributed by atoms with Crippen molar-refractivity contribution in [3.05, 3.63) is 11.7 Å². The molecule has 0 aromatic carbocycles. The van der Waals surface area contributed by atoms with Gasteiger partial charge in [0.15, 0.2) is 5.82 Å². The molecule has 5 nitrogen and oxygen atoms in total. The van der Waals surface area contributed by atoms with Crippen LogP contribution in [0.1, 0.15) is 50.7 Å². The molecule has 3 heterocycles. The van der Waals surface area contributed by atoms with Crippen LogP contribution >= 0.6 is 0 Å². The standard InChI is InChI=1S/C14H23N3O2/c1-11(2)13-15-12(16-19-13)8-17-6-5-14(9-17)4-3-7-18-10-14/h11H,3-10H2,1-2H3/t14-/m1/s1. The van der Waals surface area contributed by atoms with Crippen molar-refractivity contribution in [1.29, 1.82) is 0 Å². The van der Waals surface area contributed by atoms with E-state index in [2.05, 4.69) is 28.9 Å². The summed E-state index contributed by atoms with van der Waals surface area (Å²) in [7, 11) is 0. The lowest BCUT2D eigenvalue weighted by Gasteiger charge is -2.33. The molecule has 0 unspecified atom stereocenters. The van der Waals surface area contributed by atoms with Crippen molar-refractivity contribution in [2.45, 2.75) is 45.6 Å². The van der Waals surface area contributed by atoms with Crippen molar-refractivity contribution in [2.24, 2.45) is 5.41 Å². The first kappa shape index (κ1) is 13.1. The van der Waals surface area contributed by atoms with Crippen molar-refractivity contribution in [3.8, 4) is 0 Å². The summed E-state index contributed by atoms with van der Waals surface area (Å²) in [6.07, 6.45) is 3.74. The largest absolute Gasteiger partial charge is 0.381 e. The molecule has 106 valence electrons. The monoisotopic (exact) mass is 265 g/mol. The maximum atomic E-state index is 5.66. The van der Waals surface area contributed by atoms with Crippen LogP contribution in [0, 0.1) is 5.41 Å². The molecule has 2 saturated heterocycles. The highest BCUT2D eigenvalue weighted by Gasteiger charge is 2.39. The summed E-state index contributed by atoms with van der Waals surface area (Å²) in [6, 6.07) is 0. The molecule has 0 amide bonds. The van der Waals surface area contributed by atoms with Crippen LogP contribution < -0.4 is 0 Å². The van der Waals surface area contributed by atoms with Crippen LogP contribution in [0.25, 0.3) is 0 Å². The van der Waals surface area contributed by atoms with E-state index in [1.54, 1.807) is 0 Å². The molecule has 2 aliphatic rings. The molecule has 0 bridgehead atoms. The minimum Gasteiger partial charge on any atom is -0.381 e. The van der Waals surface area contributed by atoms with Gasteiger partial charge in [-0.2, -0.15) is 4.98 Å². The molecule has 3 rings (SSSR count). The van der Waals surface area contributed by atoms with Gasteiger partial charge in [-0.25, -0.2) is 0 Å². The van der Waals surface area contributed by atoms with E-state index in [0.29, 0.717) is 11.3 Å². The molecule has 0 saturated carbocycles. The summed E-state index contributed by atoms with van der Waals surface area (Å²) < 4.78 is 10.9. The molecule has 1 atom stereocenters. The van der Waals surface area contributed by atoms with Gasteiger partial charge in [-0.05, 0) is 25.8 Å². The molecule has 1 aromatic rings. The Hall–Kier alpha value is -0.940. The van der Waals surface area contributed by atoms with Crippen LogP contribution in [0.5, 0.6) is 0 Å². The Labute approximate surface area is 114 Å². The average Bonchev–Trinajstić information content (AvgIpc) is 2.99. The van der Waals surface area contributed by atoms with Crippen LogP contribution in [0.2, 0.25) is 0 Å². The predicted octanol–water partition coefficient (Wildman–Crippen LogP) is 2.20. The van der Waals surface area contributed by atoms with Crippen molar-refractivity contribution in [3.63, 3.8) is 0 Å². The number of likely N-dealkylation sites (tertiary alicyclic amines) is 1. The molecule has 2 fully saturated rings. The lowest BCUT2D eigenvalue weighted by atomic mass is 9.82. The van der Waals surface area contributed by atoms with Crippen LogP contribution in [0.4, 0.5) is 0 Å². The van der Waals surface area contributed by atoms with E-state index in [0.717, 1.165) is 44.6 Å². The molecular weight excluding hydrogens is 242 g/mol. The number of ether oxygens (including phenoxy) is 1. The van der Waals surface area contributed by atoms with E-state index >= 15 is 0 Å². The van der Waals surface area contributed by atoms with Crippen molar-refractivity contribution < 1.29 is 9.26 Å². The maximum absolute atomic E-state index is 5.66. The van der Waals surface area contributed by atoms with Gasteiger partial charge in [0.1, 0.15) is 0 Å². The van der Waals surface area contributed by atoms with Gasteiger partial charge >= 0.3 is 0 Å². The molecule has 19 heavy (non-hydrogen) atoms. The van der Waals surface area contributed by atoms with Gasteiger partial charge in [-0.15, -0.1) is 0 Å². The number of rotatable bonds is 3. The SMILES string of the molecule is CC(C)c1nc(CN2CC[C@]3(CCCOC3)C2)no1. The second kappa shape index (κ2) is 5.21. The molecular formula is C14H23N3O2. The molecule has 5 heteroatoms. The van der Waals surface area contributed by atoms with E-state index < -0.39 is 0 Å². The van der Waals surface area contributed by atoms with Gasteiger partial charge in [0, 0.05) is 24.5 Å². The Morgan fingerprint density at radius 1 is 1.37 bits per heavy atom. The predicted molar refractivity (Wildman–Crippen MR) is 70.8 cm³/mol. The zero-order chi connectivity index (χ0) is 13.3. The Morgan fingerprint density at radius 3 is 2.95 bits per heavy atom. The minimum atomic E-state index is 0.304. The van der Waals surface area contributed by atoms with E-state index in [1.165, 1.54) is 19.3 Å². The van der Waals surface area contributed by atoms with Gasteiger partial charge in [-0.1, -0.05) is 19.0 Å². The van der Waals surface area contributed by atoms with Crippen LogP contribution in [-0.2, 0) is 11.3 Å². The highest BCUT2D eigenvalue weighted by atomic mass is 16.5. The molecule has 0 N–H and O–H groups in total. The Morgan fingerprint density at radius 2 is 2.26 bits per heavy atom. The molecule has 1 spiro atoms. The minimum absolute atomic E-state index is 0.304. The summed E-state index contributed by atoms with van der Waals surface area (Å²) in [4.78, 5) is 6.89. The summed E-state index contributed by atoms with van der Waals surface area (Å²) in [5, 5.41) is 4.08. The third-order valence-electron chi connectivity index (χ3n) is 4.26. The molecule has 0 radical (unpaired) electrons. The first-order valence-corrected chi connectivity index (χ1v) is 7.29. The van der Waals surface area contributed by atoms with Crippen LogP contribution in [-0.4, -0.2) is 41.3 Å². The maximum Gasteiger partial charge on any atom is 0.229 e. The number of hydrogen-bond donors (Lipinski definition) is 0. The second-order valence-electron chi connectivity index (χ2n) is 6.32. The van der Waals surface area contributed by atoms with Crippen molar-refractivity contribution in [1.82, 2.24) is 15.0 Å². The molecule has 0 aliphatic carbocycles. The quantitative estimate of drug-likeness (QED) is 0.838. The summed E-state index contributed by atoms with van der Waals surface area (Å²) in [6.45, 7) is 9.03. The number of nitrogens with zero attached hydrogens (tertiary/aromatic N) is 3. The van der Waals surface area contributed by atoms with E-state index in [9.17, 15) is 0 Å². The first-order valence-electron chi connectivity index (χ1n) is 7.29. The number of aromatic nitrogens is 2. The Bertz CT molecular complexity index is 424. The van der Waals surface area contributed by atoms with E-state index in [1.807, 2.05) is 0 Å². The fourth-order valence-electron chi connectivity index (χ4n) is 3.16. The fraction of sp³-hybridized carbons (Fsp3) is 0.857. The van der Waals surface area contributed by atoms with Crippen LogP contribution in [0.15, 0.2) is 4.52 Å². The molecule has 2 aliphatic heterocycles. The van der Waals surface area contributed by atoms with Gasteiger partial charge in [-0.3, -0.25) is 4.90 Å². The summed E-state index contributed by atoms with van der Waals surface area (Å²) in [5.41, 5.74) is 0.392. The van der Waals surface area contributed by atoms with Crippen molar-refractivity contribution >= 4 is 0 Å². The lowest BCUT2D eigenvalue weighted by Crippen LogP contribution is -2.34. The molecule has 1 aromatic heterocycles. The Balaban J connectivity index is 1.58. The van der Waals surface area contributed by atoms with Crippen molar-refractivity contribution in [2.75, 3.05) is 26.3 Å². The highest BCUT2D eigenvalue weighted by Crippen LogP contribution is 2.38. The fourth-order valence-corrected chi connectivity index (χ4v) is 3.16. The van der Waals surface area contributed by atoms with Gasteiger partial charge in [0.2, 0.25) is 5.89 Å². The van der Waals surface area contributed by atoms with Gasteiger partial charge in [0.05, 0.1) is 13.2 Å². The second-order valence-corrected chi connectivity index (χ2v) is 6.32. The average molecular weight is 265 g/mol. The summed E-state index contributed by atoms with van der Waals surface area (Å²) >= 11 is 0. The normalized spacial score (nSPS) is 28.6. The Kier molecular flexibility index (Phi) is 3.58. The topological polar surface area (TPSA) is 51.4 Å². The van der Waals surface area contributed by atoms with Gasteiger partial charge < -0.3 is 9.26 Å². The first-order chi connectivity index (χ1) is 9.17. The lowest BCUT2D eigenvalue weighted by molar-refractivity contribution is -0.00261. The number of hydrogen-bond acceptors (Lipinski definition) is 5. The van der Waals surface area contributed by atoms with Crippen LogP contribution in [0.3, 0.4) is 0 Å². The third kappa shape index (κ3) is 2.82. The zero-order valence-corrected chi connectivity index (χ0v) is 11.9. The summed E-state index contributed by atoms with van der Waals surface area (Å²) in [5.74, 6) is 1.86. The third-order valence-corrected chi connectivity index (χ3v) is 4.26. The zero-order valence-electron chi connectivity index (χ0n) is 11.9. The highest BCUT2D eigenvalue weighted by molar-refractivity contribution is 4.95. The smallest absolute Gasteiger partial charge is 0.229 e.